The Morgan fingerprint density at radius 3 is 2.32 bits per heavy atom. The number of unbranched alkanes of at least 4 members (excludes halogenated alkanes) is 2. The van der Waals surface area contributed by atoms with Gasteiger partial charge in [0.25, 0.3) is 0 Å². The van der Waals surface area contributed by atoms with Crippen molar-refractivity contribution in [1.29, 1.82) is 0 Å². The van der Waals surface area contributed by atoms with Crippen LogP contribution in [-0.4, -0.2) is 18.2 Å². The highest BCUT2D eigenvalue weighted by atomic mass is 35.5. The molecule has 0 heterocycles. The van der Waals surface area contributed by atoms with E-state index in [2.05, 4.69) is 19.1 Å². The van der Waals surface area contributed by atoms with Crippen molar-refractivity contribution in [1.82, 2.24) is 0 Å². The molecule has 0 unspecified atom stereocenters. The van der Waals surface area contributed by atoms with Crippen molar-refractivity contribution >= 4 is 29.3 Å². The molecule has 0 aliphatic carbocycles. The predicted molar refractivity (Wildman–Crippen MR) is 84.5 cm³/mol. The molecule has 108 valence electrons. The number of nitrogens with two attached hydrogens (primary N) is 2. The van der Waals surface area contributed by atoms with E-state index in [4.69, 9.17) is 22.5 Å². The Balaban J connectivity index is 0.000000342. The molecule has 0 saturated heterocycles. The molecule has 0 radical (unpaired) electrons. The van der Waals surface area contributed by atoms with Gasteiger partial charge >= 0.3 is 0 Å². The van der Waals surface area contributed by atoms with Crippen LogP contribution < -0.4 is 10.9 Å². The highest BCUT2D eigenvalue weighted by Gasteiger charge is 1.97. The molecule has 0 fully saturated rings. The Labute approximate surface area is 125 Å². The summed E-state index contributed by atoms with van der Waals surface area (Å²) in [6.45, 7) is 2.78. The molecule has 4 N–H and O–H groups in total. The quantitative estimate of drug-likeness (QED) is 0.461. The lowest BCUT2D eigenvalue weighted by atomic mass is 10.1. The van der Waals surface area contributed by atoms with E-state index in [0.717, 1.165) is 30.7 Å². The number of carbonyl (C=O) groups excluding carboxylic acids is 1. The molecular formula is C14H23ClN2OS. The first-order valence-corrected chi connectivity index (χ1v) is 7.76. The smallest absolute Gasteiger partial charge is 0.147 e. The van der Waals surface area contributed by atoms with Crippen molar-refractivity contribution in [3.63, 3.8) is 0 Å². The number of carbonyl (C=O) groups is 1. The van der Waals surface area contributed by atoms with E-state index >= 15 is 0 Å². The topological polar surface area (TPSA) is 69.1 Å². The van der Waals surface area contributed by atoms with Crippen LogP contribution in [0.15, 0.2) is 29.2 Å². The van der Waals surface area contributed by atoms with Crippen LogP contribution in [0.3, 0.4) is 0 Å². The zero-order chi connectivity index (χ0) is 14.5. The molecule has 0 aliphatic rings. The van der Waals surface area contributed by atoms with E-state index in [1.165, 1.54) is 17.5 Å². The van der Waals surface area contributed by atoms with Crippen LogP contribution in [0.25, 0.3) is 0 Å². The van der Waals surface area contributed by atoms with Gasteiger partial charge in [-0.05, 0) is 50.4 Å². The zero-order valence-electron chi connectivity index (χ0n) is 11.4. The average molecular weight is 303 g/mol. The van der Waals surface area contributed by atoms with Gasteiger partial charge in [-0.2, -0.15) is 0 Å². The molecule has 1 rings (SSSR count). The number of Topliss-reactive ketones (excluding diaryl/α,β-unsaturated/α-hetero) is 1. The van der Waals surface area contributed by atoms with Gasteiger partial charge in [0.2, 0.25) is 0 Å². The highest BCUT2D eigenvalue weighted by molar-refractivity contribution is 7.97. The third kappa shape index (κ3) is 11.0. The average Bonchev–Trinajstić information content (AvgIpc) is 2.45. The Kier molecular flexibility index (Phi) is 12.1. The van der Waals surface area contributed by atoms with Gasteiger partial charge < -0.3 is 5.73 Å². The van der Waals surface area contributed by atoms with E-state index < -0.39 is 0 Å². The van der Waals surface area contributed by atoms with Crippen molar-refractivity contribution in [3.8, 4) is 0 Å². The molecule has 0 saturated carbocycles. The van der Waals surface area contributed by atoms with Gasteiger partial charge in [0, 0.05) is 11.3 Å². The molecule has 5 heteroatoms. The molecule has 0 aromatic heterocycles. The molecule has 1 aromatic carbocycles. The van der Waals surface area contributed by atoms with E-state index in [1.807, 2.05) is 12.1 Å². The van der Waals surface area contributed by atoms with Gasteiger partial charge in [0.1, 0.15) is 5.78 Å². The van der Waals surface area contributed by atoms with Crippen molar-refractivity contribution in [2.75, 3.05) is 12.4 Å². The van der Waals surface area contributed by atoms with Gasteiger partial charge in [0.05, 0.1) is 5.88 Å². The number of ketones is 1. The minimum Gasteiger partial charge on any atom is -0.330 e. The van der Waals surface area contributed by atoms with Gasteiger partial charge in [-0.15, -0.1) is 11.6 Å². The lowest BCUT2D eigenvalue weighted by Crippen LogP contribution is -2.01. The second-order valence-electron chi connectivity index (χ2n) is 4.20. The molecule has 0 spiro atoms. The fraction of sp³-hybridized carbons (Fsp3) is 0.500. The summed E-state index contributed by atoms with van der Waals surface area (Å²) in [6.07, 6.45) is 3.60. The molecule has 0 atom stereocenters. The molecule has 3 nitrogen and oxygen atoms in total. The first-order chi connectivity index (χ1) is 9.13. The van der Waals surface area contributed by atoms with Crippen molar-refractivity contribution < 1.29 is 4.79 Å². The number of rotatable bonds is 7. The molecule has 1 aromatic rings. The largest absolute Gasteiger partial charge is 0.330 e. The fourth-order valence-electron chi connectivity index (χ4n) is 1.33. The Hall–Kier alpha value is -0.550. The van der Waals surface area contributed by atoms with Crippen molar-refractivity contribution in [2.24, 2.45) is 10.9 Å². The maximum Gasteiger partial charge on any atom is 0.147 e. The second-order valence-corrected chi connectivity index (χ2v) is 5.18. The Bertz CT molecular complexity index is 344. The summed E-state index contributed by atoms with van der Waals surface area (Å²) in [7, 11) is 0. The van der Waals surface area contributed by atoms with Crippen LogP contribution in [-0.2, 0) is 4.79 Å². The minimum absolute atomic E-state index is 0.138. The second kappa shape index (κ2) is 12.5. The van der Waals surface area contributed by atoms with Gasteiger partial charge in [0.15, 0.2) is 0 Å². The summed E-state index contributed by atoms with van der Waals surface area (Å²) in [5, 5.41) is 5.32. The summed E-state index contributed by atoms with van der Waals surface area (Å²) in [5.41, 5.74) is 6.54. The highest BCUT2D eigenvalue weighted by Crippen LogP contribution is 2.11. The predicted octanol–water partition coefficient (Wildman–Crippen LogP) is 3.27. The van der Waals surface area contributed by atoms with Crippen molar-refractivity contribution in [2.45, 2.75) is 37.5 Å². The van der Waals surface area contributed by atoms with Crippen LogP contribution in [0.1, 0.15) is 31.2 Å². The molecule has 0 bridgehead atoms. The number of hydrogen-bond acceptors (Lipinski definition) is 4. The van der Waals surface area contributed by atoms with Crippen molar-refractivity contribution in [3.05, 3.63) is 29.8 Å². The van der Waals surface area contributed by atoms with Gasteiger partial charge in [-0.3, -0.25) is 9.93 Å². The van der Waals surface area contributed by atoms with Crippen LogP contribution in [0.4, 0.5) is 0 Å². The molecule has 19 heavy (non-hydrogen) atoms. The Morgan fingerprint density at radius 2 is 1.84 bits per heavy atom. The maximum atomic E-state index is 10.6. The normalized spacial score (nSPS) is 9.68. The third-order valence-electron chi connectivity index (χ3n) is 2.47. The standard InChI is InChI=1S/C7H14ClNO.C7H9NS/c8-6-7(10)4-2-1-3-5-9;1-6-2-4-7(9-8)5-3-6/h1-6,9H2;2-5H,8H2,1H3. The van der Waals surface area contributed by atoms with E-state index in [0.29, 0.717) is 6.42 Å². The van der Waals surface area contributed by atoms with Crippen LogP contribution >= 0.6 is 23.5 Å². The summed E-state index contributed by atoms with van der Waals surface area (Å²) in [5.74, 6) is 0.293. The third-order valence-corrected chi connectivity index (χ3v) is 3.31. The van der Waals surface area contributed by atoms with Crippen LogP contribution in [0, 0.1) is 6.92 Å². The SMILES string of the molecule is Cc1ccc(SN)cc1.NCCCCCC(=O)CCl. The molecule has 0 amide bonds. The number of aryl methyl sites for hydroxylation is 1. The van der Waals surface area contributed by atoms with E-state index in [-0.39, 0.29) is 11.7 Å². The number of alkyl halides is 1. The van der Waals surface area contributed by atoms with E-state index in [9.17, 15) is 4.79 Å². The maximum absolute atomic E-state index is 10.6. The number of benzene rings is 1. The Morgan fingerprint density at radius 1 is 1.21 bits per heavy atom. The van der Waals surface area contributed by atoms with Crippen LogP contribution in [0.2, 0.25) is 0 Å². The van der Waals surface area contributed by atoms with Gasteiger partial charge in [-0.1, -0.05) is 24.1 Å². The minimum atomic E-state index is 0.138. The molecular weight excluding hydrogens is 280 g/mol. The fourth-order valence-corrected chi connectivity index (χ4v) is 1.75. The monoisotopic (exact) mass is 302 g/mol. The number of hydrogen-bond donors (Lipinski definition) is 2. The van der Waals surface area contributed by atoms with Gasteiger partial charge in [-0.25, -0.2) is 0 Å². The van der Waals surface area contributed by atoms with E-state index in [1.54, 1.807) is 0 Å². The first kappa shape index (κ1) is 18.4. The lowest BCUT2D eigenvalue weighted by molar-refractivity contribution is -0.116. The molecule has 0 aliphatic heterocycles. The lowest BCUT2D eigenvalue weighted by Gasteiger charge is -1.95. The summed E-state index contributed by atoms with van der Waals surface area (Å²) in [6, 6.07) is 8.13. The zero-order valence-corrected chi connectivity index (χ0v) is 13.0. The van der Waals surface area contributed by atoms with Crippen LogP contribution in [0.5, 0.6) is 0 Å². The summed E-state index contributed by atoms with van der Waals surface area (Å²) >= 11 is 6.57. The first-order valence-electron chi connectivity index (χ1n) is 6.35. The summed E-state index contributed by atoms with van der Waals surface area (Å²) in [4.78, 5) is 11.7. The summed E-state index contributed by atoms with van der Waals surface area (Å²) < 4.78 is 0. The number of halogens is 1.